The molecule has 2 aromatic rings. The maximum Gasteiger partial charge on any atom is 0.357 e. The van der Waals surface area contributed by atoms with Gasteiger partial charge in [-0.05, 0) is 12.0 Å². The van der Waals surface area contributed by atoms with Crippen molar-refractivity contribution < 1.29 is 28.8 Å². The van der Waals surface area contributed by atoms with Gasteiger partial charge in [-0.3, -0.25) is 0 Å². The van der Waals surface area contributed by atoms with E-state index in [9.17, 15) is 9.90 Å². The monoisotopic (exact) mass is 403 g/mol. The fourth-order valence-corrected chi connectivity index (χ4v) is 2.60. The van der Waals surface area contributed by atoms with E-state index in [-0.39, 0.29) is 23.9 Å². The van der Waals surface area contributed by atoms with Gasteiger partial charge in [0.25, 0.3) is 0 Å². The molecule has 1 atom stereocenters. The van der Waals surface area contributed by atoms with Gasteiger partial charge in [-0.1, -0.05) is 50.6 Å². The molecule has 0 spiro atoms. The van der Waals surface area contributed by atoms with Crippen LogP contribution in [0.15, 0.2) is 36.4 Å². The number of hydrogen-bond acceptors (Lipinski definition) is 7. The Morgan fingerprint density at radius 3 is 2.55 bits per heavy atom. The predicted octanol–water partition coefficient (Wildman–Crippen LogP) is 3.87. The highest BCUT2D eigenvalue weighted by Gasteiger charge is 2.21. The Hall–Kier alpha value is -2.64. The number of nitrogens with zero attached hydrogens (tertiary/aromatic N) is 1. The summed E-state index contributed by atoms with van der Waals surface area (Å²) in [5.41, 5.74) is 1.60. The summed E-state index contributed by atoms with van der Waals surface area (Å²) in [5.74, 6) is -0.0891. The van der Waals surface area contributed by atoms with Crippen LogP contribution in [0.2, 0.25) is 0 Å². The molecule has 0 amide bonds. The van der Waals surface area contributed by atoms with E-state index in [1.165, 1.54) is 13.2 Å². The Kier molecular flexibility index (Phi) is 9.40. The van der Waals surface area contributed by atoms with Crippen molar-refractivity contribution in [3.63, 3.8) is 0 Å². The number of benzene rings is 1. The lowest BCUT2D eigenvalue weighted by Gasteiger charge is -2.19. The molecule has 7 heteroatoms. The molecule has 2 rings (SSSR count). The van der Waals surface area contributed by atoms with Gasteiger partial charge in [0.15, 0.2) is 12.0 Å². The number of ether oxygens (including phenoxy) is 4. The summed E-state index contributed by atoms with van der Waals surface area (Å²) in [7, 11) is 1.45. The summed E-state index contributed by atoms with van der Waals surface area (Å²) in [5, 5.41) is 10.1. The van der Waals surface area contributed by atoms with Crippen LogP contribution in [0.3, 0.4) is 0 Å². The summed E-state index contributed by atoms with van der Waals surface area (Å²) in [6.45, 7) is 4.67. The molecule has 1 heterocycles. The zero-order valence-corrected chi connectivity index (χ0v) is 17.2. The molecule has 0 radical (unpaired) electrons. The van der Waals surface area contributed by atoms with Gasteiger partial charge in [0.1, 0.15) is 5.75 Å². The molecule has 1 aromatic carbocycles. The Bertz CT molecular complexity index is 765. The van der Waals surface area contributed by atoms with Crippen LogP contribution in [0, 0.1) is 0 Å². The van der Waals surface area contributed by atoms with Crippen LogP contribution >= 0.6 is 0 Å². The topological polar surface area (TPSA) is 87.1 Å². The van der Waals surface area contributed by atoms with E-state index in [0.29, 0.717) is 31.6 Å². The number of hydrogen-bond donors (Lipinski definition) is 1. The number of aliphatic hydroxyl groups is 1. The highest BCUT2D eigenvalue weighted by atomic mass is 16.6. The second kappa shape index (κ2) is 12.0. The zero-order chi connectivity index (χ0) is 21.1. The van der Waals surface area contributed by atoms with Crippen molar-refractivity contribution in [1.82, 2.24) is 4.98 Å². The van der Waals surface area contributed by atoms with Gasteiger partial charge in [0.05, 0.1) is 32.5 Å². The third kappa shape index (κ3) is 7.03. The summed E-state index contributed by atoms with van der Waals surface area (Å²) in [6, 6.07) is 11.2. The van der Waals surface area contributed by atoms with Gasteiger partial charge in [-0.2, -0.15) is 0 Å². The second-order valence-electron chi connectivity index (χ2n) is 6.47. The SMILES string of the molecule is CCCOC(=O)c1cc(OC(O)CCC)c(COCc2ccccc2)c(OC)n1. The molecule has 1 aromatic heterocycles. The average molecular weight is 403 g/mol. The molecule has 0 aliphatic rings. The summed E-state index contributed by atoms with van der Waals surface area (Å²) >= 11 is 0. The van der Waals surface area contributed by atoms with Crippen molar-refractivity contribution in [2.75, 3.05) is 13.7 Å². The van der Waals surface area contributed by atoms with Crippen LogP contribution in [0.5, 0.6) is 11.6 Å². The molecule has 0 aliphatic heterocycles. The first-order chi connectivity index (χ1) is 14.1. The molecule has 29 heavy (non-hydrogen) atoms. The molecule has 1 unspecified atom stereocenters. The van der Waals surface area contributed by atoms with Crippen LogP contribution in [-0.2, 0) is 22.7 Å². The molecule has 0 fully saturated rings. The van der Waals surface area contributed by atoms with E-state index >= 15 is 0 Å². The van der Waals surface area contributed by atoms with Crippen molar-refractivity contribution >= 4 is 5.97 Å². The maximum absolute atomic E-state index is 12.3. The number of rotatable bonds is 12. The van der Waals surface area contributed by atoms with Gasteiger partial charge in [-0.15, -0.1) is 0 Å². The quantitative estimate of drug-likeness (QED) is 0.425. The molecule has 0 saturated carbocycles. The fraction of sp³-hybridized carbons (Fsp3) is 0.455. The summed E-state index contributed by atoms with van der Waals surface area (Å²) in [4.78, 5) is 16.5. The van der Waals surface area contributed by atoms with E-state index in [0.717, 1.165) is 12.0 Å². The Morgan fingerprint density at radius 2 is 1.90 bits per heavy atom. The lowest BCUT2D eigenvalue weighted by molar-refractivity contribution is -0.0257. The van der Waals surface area contributed by atoms with Crippen LogP contribution in [0.1, 0.15) is 54.7 Å². The van der Waals surface area contributed by atoms with Crippen LogP contribution in [0.4, 0.5) is 0 Å². The van der Waals surface area contributed by atoms with Gasteiger partial charge in [-0.25, -0.2) is 9.78 Å². The fourth-order valence-electron chi connectivity index (χ4n) is 2.60. The number of esters is 1. The minimum atomic E-state index is -1.01. The molecule has 7 nitrogen and oxygen atoms in total. The van der Waals surface area contributed by atoms with Crippen molar-refractivity contribution in [3.05, 3.63) is 53.2 Å². The van der Waals surface area contributed by atoms with E-state index in [2.05, 4.69) is 4.98 Å². The van der Waals surface area contributed by atoms with Crippen molar-refractivity contribution in [2.45, 2.75) is 52.6 Å². The van der Waals surface area contributed by atoms with E-state index in [1.807, 2.05) is 44.2 Å². The lowest BCUT2D eigenvalue weighted by Crippen LogP contribution is -2.18. The van der Waals surface area contributed by atoms with E-state index in [4.69, 9.17) is 18.9 Å². The largest absolute Gasteiger partial charge is 0.481 e. The average Bonchev–Trinajstić information content (AvgIpc) is 2.73. The van der Waals surface area contributed by atoms with Crippen LogP contribution in [0.25, 0.3) is 0 Å². The first kappa shape index (κ1) is 22.6. The van der Waals surface area contributed by atoms with Crippen LogP contribution in [-0.4, -0.2) is 36.1 Å². The number of methoxy groups -OCH3 is 1. The smallest absolute Gasteiger partial charge is 0.357 e. The Morgan fingerprint density at radius 1 is 1.14 bits per heavy atom. The predicted molar refractivity (Wildman–Crippen MR) is 108 cm³/mol. The number of pyridine rings is 1. The highest BCUT2D eigenvalue weighted by Crippen LogP contribution is 2.30. The molecule has 1 N–H and O–H groups in total. The Balaban J connectivity index is 2.25. The molecule has 158 valence electrons. The summed E-state index contributed by atoms with van der Waals surface area (Å²) < 4.78 is 22.0. The minimum Gasteiger partial charge on any atom is -0.481 e. The number of aliphatic hydroxyl groups excluding tert-OH is 1. The van der Waals surface area contributed by atoms with Crippen LogP contribution < -0.4 is 9.47 Å². The zero-order valence-electron chi connectivity index (χ0n) is 17.2. The third-order valence-corrected chi connectivity index (χ3v) is 4.04. The molecule has 0 bridgehead atoms. The third-order valence-electron chi connectivity index (χ3n) is 4.04. The molecule has 0 saturated heterocycles. The van der Waals surface area contributed by atoms with E-state index < -0.39 is 12.3 Å². The Labute approximate surface area is 171 Å². The van der Waals surface area contributed by atoms with Crippen molar-refractivity contribution in [3.8, 4) is 11.6 Å². The second-order valence-corrected chi connectivity index (χ2v) is 6.47. The highest BCUT2D eigenvalue weighted by molar-refractivity contribution is 5.88. The normalized spacial score (nSPS) is 11.7. The number of aromatic nitrogens is 1. The molecular formula is C22H29NO6. The number of carbonyl (C=O) groups is 1. The number of carbonyl (C=O) groups excluding carboxylic acids is 1. The standard InChI is InChI=1S/C22H29NO6/c1-4-9-20(24)29-19-13-18(22(25)28-12-5-2)23-21(26-3)17(19)15-27-14-16-10-7-6-8-11-16/h6-8,10-11,13,20,24H,4-5,9,12,14-15H2,1-3H3. The van der Waals surface area contributed by atoms with Crippen molar-refractivity contribution in [1.29, 1.82) is 0 Å². The minimum absolute atomic E-state index is 0.0563. The first-order valence-corrected chi connectivity index (χ1v) is 9.80. The molecule has 0 aliphatic carbocycles. The maximum atomic E-state index is 12.3. The van der Waals surface area contributed by atoms with E-state index in [1.54, 1.807) is 0 Å². The van der Waals surface area contributed by atoms with Gasteiger partial charge < -0.3 is 24.1 Å². The van der Waals surface area contributed by atoms with Gasteiger partial charge >= 0.3 is 5.97 Å². The molecular weight excluding hydrogens is 374 g/mol. The first-order valence-electron chi connectivity index (χ1n) is 9.80. The lowest BCUT2D eigenvalue weighted by atomic mass is 10.2. The van der Waals surface area contributed by atoms with Gasteiger partial charge in [0, 0.05) is 12.5 Å². The van der Waals surface area contributed by atoms with Crippen molar-refractivity contribution in [2.24, 2.45) is 0 Å². The van der Waals surface area contributed by atoms with Gasteiger partial charge in [0.2, 0.25) is 5.88 Å². The summed E-state index contributed by atoms with van der Waals surface area (Å²) in [6.07, 6.45) is 0.881.